The topological polar surface area (TPSA) is 68.0 Å². The molecule has 1 heterocycles. The molecule has 0 aromatic carbocycles. The molecule has 0 saturated carbocycles. The maximum atomic E-state index is 12.0. The Kier molecular flexibility index (Phi) is 4.89. The van der Waals surface area contributed by atoms with Gasteiger partial charge in [0.05, 0.1) is 12.0 Å². The van der Waals surface area contributed by atoms with Gasteiger partial charge in [-0.3, -0.25) is 4.79 Å². The van der Waals surface area contributed by atoms with Crippen LogP contribution in [-0.4, -0.2) is 17.4 Å². The van der Waals surface area contributed by atoms with Gasteiger partial charge in [-0.05, 0) is 12.8 Å². The van der Waals surface area contributed by atoms with Crippen LogP contribution in [0.2, 0.25) is 0 Å². The molecular formula is C11H19N3OS. The van der Waals surface area contributed by atoms with Crippen molar-refractivity contribution >= 4 is 17.2 Å². The molecule has 0 fully saturated rings. The van der Waals surface area contributed by atoms with E-state index in [1.165, 1.54) is 0 Å². The van der Waals surface area contributed by atoms with Gasteiger partial charge in [-0.15, -0.1) is 11.3 Å². The molecule has 1 aromatic rings. The van der Waals surface area contributed by atoms with E-state index in [4.69, 9.17) is 5.73 Å². The molecule has 0 aliphatic rings. The molecule has 0 spiro atoms. The molecule has 0 aliphatic heterocycles. The lowest BCUT2D eigenvalue weighted by atomic mass is 9.81. The normalized spacial score (nSPS) is 11.4. The second-order valence-electron chi connectivity index (χ2n) is 3.80. The number of nitrogens with zero attached hydrogens (tertiary/aromatic N) is 1. The number of nitrogens with one attached hydrogen (secondary N) is 1. The Hall–Kier alpha value is -0.940. The zero-order valence-corrected chi connectivity index (χ0v) is 10.6. The number of carbonyl (C=O) groups excluding carboxylic acids is 1. The van der Waals surface area contributed by atoms with Crippen LogP contribution in [0.15, 0.2) is 11.6 Å². The van der Waals surface area contributed by atoms with Crippen LogP contribution >= 0.6 is 11.3 Å². The first-order valence-corrected chi connectivity index (χ1v) is 6.43. The smallest absolute Gasteiger partial charge is 0.227 e. The van der Waals surface area contributed by atoms with E-state index >= 15 is 0 Å². The minimum atomic E-state index is -0.419. The third-order valence-corrected chi connectivity index (χ3v) is 3.89. The minimum Gasteiger partial charge on any atom is -0.349 e. The quantitative estimate of drug-likeness (QED) is 0.793. The van der Waals surface area contributed by atoms with Crippen molar-refractivity contribution < 1.29 is 4.79 Å². The molecular weight excluding hydrogens is 222 g/mol. The summed E-state index contributed by atoms with van der Waals surface area (Å²) in [5.41, 5.74) is 5.29. The highest BCUT2D eigenvalue weighted by atomic mass is 32.1. The van der Waals surface area contributed by atoms with Crippen LogP contribution < -0.4 is 11.1 Å². The monoisotopic (exact) mass is 241 g/mol. The first kappa shape index (κ1) is 13.1. The van der Waals surface area contributed by atoms with Crippen LogP contribution in [0.1, 0.15) is 31.7 Å². The van der Waals surface area contributed by atoms with Crippen LogP contribution in [0.5, 0.6) is 0 Å². The average Bonchev–Trinajstić information content (AvgIpc) is 2.82. The summed E-state index contributed by atoms with van der Waals surface area (Å²) in [5.74, 6) is 0.0372. The van der Waals surface area contributed by atoms with Gasteiger partial charge in [0.2, 0.25) is 5.91 Å². The van der Waals surface area contributed by atoms with Crippen molar-refractivity contribution in [2.75, 3.05) is 6.54 Å². The summed E-state index contributed by atoms with van der Waals surface area (Å²) in [6, 6.07) is 0. The Balaban J connectivity index is 2.56. The van der Waals surface area contributed by atoms with Crippen LogP contribution in [-0.2, 0) is 11.3 Å². The highest BCUT2D eigenvalue weighted by molar-refractivity contribution is 7.09. The zero-order chi connectivity index (χ0) is 12.0. The largest absolute Gasteiger partial charge is 0.349 e. The van der Waals surface area contributed by atoms with Gasteiger partial charge < -0.3 is 11.1 Å². The third-order valence-electron chi connectivity index (χ3n) is 3.11. The molecule has 0 radical (unpaired) electrons. The standard InChI is InChI=1S/C11H19N3OS/c1-3-11(4-2,8-12)10(15)14-7-9-13-5-6-16-9/h5-6H,3-4,7-8,12H2,1-2H3,(H,14,15). The summed E-state index contributed by atoms with van der Waals surface area (Å²) in [6.45, 7) is 4.89. The Bertz CT molecular complexity index is 312. The fourth-order valence-corrected chi connectivity index (χ4v) is 2.19. The van der Waals surface area contributed by atoms with E-state index in [1.807, 2.05) is 19.2 Å². The zero-order valence-electron chi connectivity index (χ0n) is 9.82. The van der Waals surface area contributed by atoms with Gasteiger partial charge >= 0.3 is 0 Å². The predicted octanol–water partition coefficient (Wildman–Crippen LogP) is 1.52. The van der Waals surface area contributed by atoms with Crippen LogP contribution in [0, 0.1) is 5.41 Å². The van der Waals surface area contributed by atoms with Gasteiger partial charge in [0, 0.05) is 18.1 Å². The summed E-state index contributed by atoms with van der Waals surface area (Å²) in [7, 11) is 0. The third kappa shape index (κ3) is 2.80. The van der Waals surface area contributed by atoms with E-state index in [2.05, 4.69) is 10.3 Å². The fraction of sp³-hybridized carbons (Fsp3) is 0.636. The van der Waals surface area contributed by atoms with Gasteiger partial charge in [-0.2, -0.15) is 0 Å². The van der Waals surface area contributed by atoms with E-state index in [-0.39, 0.29) is 5.91 Å². The average molecular weight is 241 g/mol. The van der Waals surface area contributed by atoms with Crippen molar-refractivity contribution in [1.29, 1.82) is 0 Å². The highest BCUT2D eigenvalue weighted by Gasteiger charge is 2.32. The maximum absolute atomic E-state index is 12.0. The highest BCUT2D eigenvalue weighted by Crippen LogP contribution is 2.25. The number of aromatic nitrogens is 1. The Labute approximate surface area is 100 Å². The molecule has 3 N–H and O–H groups in total. The number of hydrogen-bond donors (Lipinski definition) is 2. The van der Waals surface area contributed by atoms with E-state index in [9.17, 15) is 4.79 Å². The van der Waals surface area contributed by atoms with Gasteiger partial charge in [-0.25, -0.2) is 4.98 Å². The number of hydrogen-bond acceptors (Lipinski definition) is 4. The van der Waals surface area contributed by atoms with Gasteiger partial charge in [0.15, 0.2) is 0 Å². The van der Waals surface area contributed by atoms with E-state index in [0.29, 0.717) is 13.1 Å². The predicted molar refractivity (Wildman–Crippen MR) is 66.0 cm³/mol. The summed E-state index contributed by atoms with van der Waals surface area (Å²) in [4.78, 5) is 16.2. The van der Waals surface area contributed by atoms with Gasteiger partial charge in [0.25, 0.3) is 0 Å². The molecule has 90 valence electrons. The molecule has 5 heteroatoms. The molecule has 1 rings (SSSR count). The number of nitrogens with two attached hydrogens (primary N) is 1. The lowest BCUT2D eigenvalue weighted by Crippen LogP contribution is -2.45. The lowest BCUT2D eigenvalue weighted by molar-refractivity contribution is -0.131. The van der Waals surface area contributed by atoms with Crippen molar-refractivity contribution in [3.63, 3.8) is 0 Å². The minimum absolute atomic E-state index is 0.0372. The second kappa shape index (κ2) is 5.96. The molecule has 0 bridgehead atoms. The summed E-state index contributed by atoms with van der Waals surface area (Å²) in [5, 5.41) is 5.73. The Morgan fingerprint density at radius 2 is 2.25 bits per heavy atom. The van der Waals surface area contributed by atoms with Crippen molar-refractivity contribution in [2.24, 2.45) is 11.1 Å². The second-order valence-corrected chi connectivity index (χ2v) is 4.78. The Morgan fingerprint density at radius 3 is 2.69 bits per heavy atom. The molecule has 4 nitrogen and oxygen atoms in total. The van der Waals surface area contributed by atoms with Gasteiger partial charge in [0.1, 0.15) is 5.01 Å². The van der Waals surface area contributed by atoms with E-state index in [1.54, 1.807) is 17.5 Å². The van der Waals surface area contributed by atoms with Crippen molar-refractivity contribution in [1.82, 2.24) is 10.3 Å². The number of thiazole rings is 1. The molecule has 0 unspecified atom stereocenters. The van der Waals surface area contributed by atoms with E-state index < -0.39 is 5.41 Å². The van der Waals surface area contributed by atoms with Gasteiger partial charge in [-0.1, -0.05) is 13.8 Å². The number of amides is 1. The van der Waals surface area contributed by atoms with Crippen molar-refractivity contribution in [2.45, 2.75) is 33.2 Å². The number of rotatable bonds is 6. The fourth-order valence-electron chi connectivity index (χ4n) is 1.64. The Morgan fingerprint density at radius 1 is 1.56 bits per heavy atom. The van der Waals surface area contributed by atoms with Crippen molar-refractivity contribution in [3.8, 4) is 0 Å². The van der Waals surface area contributed by atoms with Crippen LogP contribution in [0.3, 0.4) is 0 Å². The molecule has 0 atom stereocenters. The SMILES string of the molecule is CCC(CC)(CN)C(=O)NCc1nccs1. The van der Waals surface area contributed by atoms with E-state index in [0.717, 1.165) is 17.8 Å². The maximum Gasteiger partial charge on any atom is 0.227 e. The molecule has 1 amide bonds. The molecule has 0 aliphatic carbocycles. The first-order valence-electron chi connectivity index (χ1n) is 5.55. The summed E-state index contributed by atoms with van der Waals surface area (Å²) in [6.07, 6.45) is 3.27. The molecule has 0 saturated heterocycles. The summed E-state index contributed by atoms with van der Waals surface area (Å²) < 4.78 is 0. The van der Waals surface area contributed by atoms with Crippen LogP contribution in [0.4, 0.5) is 0 Å². The summed E-state index contributed by atoms with van der Waals surface area (Å²) >= 11 is 1.54. The van der Waals surface area contributed by atoms with Crippen molar-refractivity contribution in [3.05, 3.63) is 16.6 Å². The molecule has 16 heavy (non-hydrogen) atoms. The van der Waals surface area contributed by atoms with Crippen LogP contribution in [0.25, 0.3) is 0 Å². The number of carbonyl (C=O) groups is 1. The first-order chi connectivity index (χ1) is 7.68. The molecule has 1 aromatic heterocycles. The lowest BCUT2D eigenvalue weighted by Gasteiger charge is -2.28.